The van der Waals surface area contributed by atoms with Gasteiger partial charge in [0.25, 0.3) is 0 Å². The number of fused-ring (bicyclic) bond motifs is 5. The number of carbonyl (C=O) groups is 1. The van der Waals surface area contributed by atoms with Crippen LogP contribution in [0.15, 0.2) is 54.9 Å². The van der Waals surface area contributed by atoms with Crippen molar-refractivity contribution < 1.29 is 18.3 Å². The lowest BCUT2D eigenvalue weighted by Gasteiger charge is -2.33. The molecule has 4 aliphatic heterocycles. The Balaban J connectivity index is 1.21. The zero-order valence-electron chi connectivity index (χ0n) is 26.5. The molecule has 2 unspecified atom stereocenters. The van der Waals surface area contributed by atoms with Crippen molar-refractivity contribution in [3.05, 3.63) is 77.6 Å². The molecule has 16 heteroatoms. The predicted molar refractivity (Wildman–Crippen MR) is 176 cm³/mol. The smallest absolute Gasteiger partial charge is 0.245 e. The van der Waals surface area contributed by atoms with Gasteiger partial charge in [0.15, 0.2) is 17.1 Å². The molecule has 4 atom stereocenters. The standard InChI is InChI=1S/C33H28ClF2N11O2/c1-16-39-28-27-19(9-10-37-28)22-5-4-6-26(40-22)45-24-12-25(32(48)43(2)14-18(49-3)15-44(16)27)46(31(24)45)29-20-13-38-47(30(20)42-33(34)41-29)23-8-7-17(35)11-21(23)36/h4-11,13,18,24-25,31H,12,14-15H2,1-3H3/t18-,24?,25-,31?,45?/m0/s1. The van der Waals surface area contributed by atoms with Crippen LogP contribution >= 0.6 is 11.6 Å². The number of halogens is 3. The Morgan fingerprint density at radius 1 is 1.02 bits per heavy atom. The Bertz CT molecular complexity index is 2330. The maximum absolute atomic E-state index is 14.9. The second-order valence-corrected chi connectivity index (χ2v) is 12.8. The third kappa shape index (κ3) is 4.55. The fourth-order valence-corrected chi connectivity index (χ4v) is 7.57. The second kappa shape index (κ2) is 10.9. The number of rotatable bonds is 3. The minimum Gasteiger partial charge on any atom is -0.378 e. The highest BCUT2D eigenvalue weighted by Crippen LogP contribution is 2.50. The first-order valence-corrected chi connectivity index (χ1v) is 16.1. The molecule has 6 aromatic rings. The number of pyridine rings is 2. The maximum atomic E-state index is 14.9. The van der Waals surface area contributed by atoms with E-state index in [2.05, 4.69) is 29.5 Å². The molecule has 0 N–H and O–H groups in total. The summed E-state index contributed by atoms with van der Waals surface area (Å²) < 4.78 is 38.0. The molecule has 49 heavy (non-hydrogen) atoms. The van der Waals surface area contributed by atoms with Crippen molar-refractivity contribution in [1.29, 1.82) is 0 Å². The first kappa shape index (κ1) is 29.8. The number of amides is 1. The van der Waals surface area contributed by atoms with E-state index in [4.69, 9.17) is 26.3 Å². The number of anilines is 2. The van der Waals surface area contributed by atoms with Crippen LogP contribution < -0.4 is 9.80 Å². The monoisotopic (exact) mass is 683 g/mol. The highest BCUT2D eigenvalue weighted by Gasteiger charge is 2.63. The topological polar surface area (TPSA) is 123 Å². The van der Waals surface area contributed by atoms with E-state index in [1.807, 2.05) is 36.1 Å². The van der Waals surface area contributed by atoms with Crippen molar-refractivity contribution >= 4 is 51.3 Å². The summed E-state index contributed by atoms with van der Waals surface area (Å²) in [6, 6.07) is 10.3. The van der Waals surface area contributed by atoms with Crippen LogP contribution in [0.25, 0.3) is 39.1 Å². The summed E-state index contributed by atoms with van der Waals surface area (Å²) in [5.74, 6) is 0.228. The third-order valence-electron chi connectivity index (χ3n) is 9.71. The molecule has 0 aliphatic carbocycles. The molecule has 0 radical (unpaired) electrons. The third-order valence-corrected chi connectivity index (χ3v) is 9.88. The number of hydrogen-bond donors (Lipinski definition) is 0. The number of ether oxygens (including phenoxy) is 1. The van der Waals surface area contributed by atoms with Crippen LogP contribution in [0.1, 0.15) is 12.2 Å². The van der Waals surface area contributed by atoms with Gasteiger partial charge in [-0.1, -0.05) is 6.07 Å². The summed E-state index contributed by atoms with van der Waals surface area (Å²) in [7, 11) is 3.40. The average molecular weight is 684 g/mol. The Hall–Kier alpha value is -5.28. The zero-order chi connectivity index (χ0) is 33.7. The van der Waals surface area contributed by atoms with Gasteiger partial charge in [0, 0.05) is 44.9 Å². The van der Waals surface area contributed by atoms with Gasteiger partial charge >= 0.3 is 0 Å². The molecule has 5 aromatic heterocycles. The number of nitrogens with zero attached hydrogens (tertiary/aromatic N) is 11. The van der Waals surface area contributed by atoms with E-state index < -0.39 is 17.7 Å². The van der Waals surface area contributed by atoms with Crippen LogP contribution in [0.5, 0.6) is 0 Å². The van der Waals surface area contributed by atoms with Crippen LogP contribution in [0.4, 0.5) is 20.4 Å². The summed E-state index contributed by atoms with van der Waals surface area (Å²) >= 11 is 6.53. The van der Waals surface area contributed by atoms with Gasteiger partial charge in [-0.25, -0.2) is 28.4 Å². The van der Waals surface area contributed by atoms with E-state index in [9.17, 15) is 13.6 Å². The van der Waals surface area contributed by atoms with Gasteiger partial charge in [-0.15, -0.1) is 0 Å². The largest absolute Gasteiger partial charge is 0.378 e. The summed E-state index contributed by atoms with van der Waals surface area (Å²) in [6.45, 7) is 2.67. The summed E-state index contributed by atoms with van der Waals surface area (Å²) in [5.41, 5.74) is 3.30. The maximum Gasteiger partial charge on any atom is 0.245 e. The molecule has 248 valence electrons. The molecule has 10 rings (SSSR count). The average Bonchev–Trinajstić information content (AvgIpc) is 3.33. The van der Waals surface area contributed by atoms with Crippen LogP contribution in [0.2, 0.25) is 5.28 Å². The first-order valence-electron chi connectivity index (χ1n) is 15.7. The van der Waals surface area contributed by atoms with Gasteiger partial charge in [-0.3, -0.25) is 4.79 Å². The van der Waals surface area contributed by atoms with Gasteiger partial charge in [0.2, 0.25) is 11.2 Å². The van der Waals surface area contributed by atoms with E-state index in [0.717, 1.165) is 40.5 Å². The van der Waals surface area contributed by atoms with Crippen LogP contribution in [0, 0.1) is 18.6 Å². The molecule has 6 bridgehead atoms. The lowest BCUT2D eigenvalue weighted by molar-refractivity contribution is -0.132. The molecular weight excluding hydrogens is 656 g/mol. The highest BCUT2D eigenvalue weighted by molar-refractivity contribution is 6.28. The zero-order valence-corrected chi connectivity index (χ0v) is 27.3. The number of aromatic nitrogens is 8. The van der Waals surface area contributed by atoms with E-state index in [-0.39, 0.29) is 40.8 Å². The van der Waals surface area contributed by atoms with Gasteiger partial charge in [-0.05, 0) is 48.9 Å². The minimum absolute atomic E-state index is 0.00455. The SMILES string of the molecule is CO[C@H]1CN(C)C(=O)[C@@H]2CC3C(N3c3cccc(n3)-c3ccnc4nc(C)n(c34)C1)N2c1nc(Cl)nc2c1cnn2-c1ccc(F)cc1F. The number of hydrogen-bond acceptors (Lipinski definition) is 10. The molecular formula is C33H28ClF2N11O2. The number of aryl methyl sites for hydroxylation is 1. The van der Waals surface area contributed by atoms with E-state index in [1.165, 1.54) is 16.9 Å². The number of likely N-dealkylation sites (N-methyl/N-ethyl adjacent to an activating group) is 1. The molecule has 2 fully saturated rings. The van der Waals surface area contributed by atoms with Crippen LogP contribution in [-0.2, 0) is 16.1 Å². The Labute approximate surface area is 282 Å². The molecule has 1 amide bonds. The van der Waals surface area contributed by atoms with Gasteiger partial charge < -0.3 is 24.0 Å². The minimum atomic E-state index is -0.814. The van der Waals surface area contributed by atoms with Crippen molar-refractivity contribution in [2.45, 2.75) is 44.2 Å². The molecule has 2 saturated heterocycles. The molecule has 0 saturated carbocycles. The van der Waals surface area contributed by atoms with Crippen LogP contribution in [0.3, 0.4) is 0 Å². The second-order valence-electron chi connectivity index (χ2n) is 12.5. The first-order chi connectivity index (χ1) is 23.7. The van der Waals surface area contributed by atoms with E-state index in [1.54, 1.807) is 25.3 Å². The number of carbonyl (C=O) groups excluding carboxylic acids is 1. The van der Waals surface area contributed by atoms with Crippen molar-refractivity contribution in [2.24, 2.45) is 0 Å². The van der Waals surface area contributed by atoms with Gasteiger partial charge in [0.1, 0.15) is 41.2 Å². The summed E-state index contributed by atoms with van der Waals surface area (Å²) in [6.07, 6.45) is 3.07. The van der Waals surface area contributed by atoms with Gasteiger partial charge in [0.05, 0.1) is 41.5 Å². The van der Waals surface area contributed by atoms with Crippen molar-refractivity contribution in [2.75, 3.05) is 30.5 Å². The number of methoxy groups -OCH3 is 1. The molecule has 4 aliphatic rings. The molecule has 13 nitrogen and oxygen atoms in total. The van der Waals surface area contributed by atoms with Gasteiger partial charge in [-0.2, -0.15) is 15.1 Å². The van der Waals surface area contributed by atoms with Crippen molar-refractivity contribution in [3.63, 3.8) is 0 Å². The fraction of sp³-hybridized carbons (Fsp3) is 0.303. The molecule has 1 aromatic carbocycles. The normalized spacial score (nSPS) is 21.8. The lowest BCUT2D eigenvalue weighted by Crippen LogP contribution is -2.50. The quantitative estimate of drug-likeness (QED) is 0.199. The Kier molecular flexibility index (Phi) is 6.61. The fourth-order valence-electron chi connectivity index (χ4n) is 7.41. The Morgan fingerprint density at radius 2 is 1.88 bits per heavy atom. The molecule has 9 heterocycles. The molecule has 0 spiro atoms. The number of imidazole rings is 1. The Morgan fingerprint density at radius 3 is 2.69 bits per heavy atom. The van der Waals surface area contributed by atoms with E-state index in [0.29, 0.717) is 36.4 Å². The van der Waals surface area contributed by atoms with E-state index >= 15 is 0 Å². The number of benzene rings is 1. The van der Waals surface area contributed by atoms with Crippen molar-refractivity contribution in [3.8, 4) is 16.9 Å². The predicted octanol–water partition coefficient (Wildman–Crippen LogP) is 4.14. The summed E-state index contributed by atoms with van der Waals surface area (Å²) in [4.78, 5) is 43.6. The van der Waals surface area contributed by atoms with Crippen LogP contribution in [-0.4, -0.2) is 95.1 Å². The highest BCUT2D eigenvalue weighted by atomic mass is 35.5. The van der Waals surface area contributed by atoms with Crippen molar-refractivity contribution in [1.82, 2.24) is 44.2 Å². The lowest BCUT2D eigenvalue weighted by atomic mass is 10.1. The summed E-state index contributed by atoms with van der Waals surface area (Å²) in [5, 5.41) is 4.74.